The maximum Gasteiger partial charge on any atom is 0.0991 e. The van der Waals surface area contributed by atoms with Gasteiger partial charge in [0.05, 0.1) is 17.0 Å². The van der Waals surface area contributed by atoms with Gasteiger partial charge in [0.2, 0.25) is 0 Å². The number of benzene rings is 6. The molecule has 8 rings (SSSR count). The molecule has 0 aliphatic heterocycles. The maximum atomic E-state index is 9.28. The van der Waals surface area contributed by atoms with Crippen LogP contribution in [0.25, 0.3) is 44.2 Å². The van der Waals surface area contributed by atoms with E-state index in [-0.39, 0.29) is 5.41 Å². The van der Waals surface area contributed by atoms with Crippen LogP contribution in [-0.2, 0) is 5.41 Å². The molecule has 1 nitrogen and oxygen atoms in total. The zero-order valence-electron chi connectivity index (χ0n) is 20.1. The van der Waals surface area contributed by atoms with Crippen molar-refractivity contribution in [1.29, 1.82) is 5.26 Å². The lowest BCUT2D eigenvalue weighted by Crippen LogP contribution is -2.25. The zero-order chi connectivity index (χ0) is 24.6. The number of fused-ring (bicyclic) bond motifs is 11. The zero-order valence-corrected chi connectivity index (χ0v) is 20.1. The lowest BCUT2D eigenvalue weighted by molar-refractivity contribution is 0.794. The molecule has 0 unspecified atom stereocenters. The summed E-state index contributed by atoms with van der Waals surface area (Å²) in [5, 5.41) is 11.5. The first-order chi connectivity index (χ1) is 18.3. The van der Waals surface area contributed by atoms with Gasteiger partial charge in [0.1, 0.15) is 0 Å². The highest BCUT2D eigenvalue weighted by atomic mass is 14.5. The number of hydrogen-bond acceptors (Lipinski definition) is 1. The summed E-state index contributed by atoms with van der Waals surface area (Å²) in [7, 11) is 0. The van der Waals surface area contributed by atoms with Crippen molar-refractivity contribution in [3.8, 4) is 39.4 Å². The Kier molecular flexibility index (Phi) is 4.00. The van der Waals surface area contributed by atoms with E-state index in [0.717, 1.165) is 10.8 Å². The fraction of sp³-hybridized carbons (Fsp3) is 0.0278. The Morgan fingerprint density at radius 2 is 0.919 bits per heavy atom. The average molecular weight is 468 g/mol. The van der Waals surface area contributed by atoms with Crippen molar-refractivity contribution in [3.63, 3.8) is 0 Å². The monoisotopic (exact) mass is 467 g/mol. The average Bonchev–Trinajstić information content (AvgIpc) is 3.44. The molecule has 37 heavy (non-hydrogen) atoms. The van der Waals surface area contributed by atoms with Crippen LogP contribution in [0, 0.1) is 11.3 Å². The number of nitrogens with zero attached hydrogens (tertiary/aromatic N) is 1. The smallest absolute Gasteiger partial charge is 0.0991 e. The van der Waals surface area contributed by atoms with Crippen LogP contribution in [0.2, 0.25) is 0 Å². The van der Waals surface area contributed by atoms with Crippen molar-refractivity contribution in [3.05, 3.63) is 155 Å². The van der Waals surface area contributed by atoms with Crippen molar-refractivity contribution < 1.29 is 0 Å². The minimum atomic E-state index is -0.326. The van der Waals surface area contributed by atoms with Gasteiger partial charge in [-0.25, -0.2) is 0 Å². The van der Waals surface area contributed by atoms with Gasteiger partial charge in [-0.2, -0.15) is 5.26 Å². The third-order valence-electron chi connectivity index (χ3n) is 8.30. The first-order valence-electron chi connectivity index (χ1n) is 12.7. The lowest BCUT2D eigenvalue weighted by Gasteiger charge is -2.30. The second-order valence-electron chi connectivity index (χ2n) is 10.0. The third kappa shape index (κ3) is 2.57. The van der Waals surface area contributed by atoms with E-state index in [0.29, 0.717) is 5.56 Å². The van der Waals surface area contributed by atoms with Gasteiger partial charge in [0, 0.05) is 0 Å². The van der Waals surface area contributed by atoms with E-state index >= 15 is 0 Å². The Morgan fingerprint density at radius 1 is 0.432 bits per heavy atom. The van der Waals surface area contributed by atoms with E-state index in [1.165, 1.54) is 55.6 Å². The predicted octanol–water partition coefficient (Wildman–Crippen LogP) is 8.72. The van der Waals surface area contributed by atoms with E-state index in [1.807, 2.05) is 18.2 Å². The summed E-state index contributed by atoms with van der Waals surface area (Å²) in [6.07, 6.45) is 0. The van der Waals surface area contributed by atoms with Gasteiger partial charge in [-0.05, 0) is 90.7 Å². The Labute approximate surface area is 215 Å². The van der Waals surface area contributed by atoms with Crippen LogP contribution in [0.3, 0.4) is 0 Å². The SMILES string of the molecule is N#Cc1ccc2cc(-c3ccc4c(c3)C3(c5ccccc5-c5ccccc53)c3ccccc3-4)ccc2c1. The van der Waals surface area contributed by atoms with Crippen LogP contribution in [0.4, 0.5) is 0 Å². The summed E-state index contributed by atoms with van der Waals surface area (Å²) in [6.45, 7) is 0. The minimum Gasteiger partial charge on any atom is -0.192 e. The summed E-state index contributed by atoms with van der Waals surface area (Å²) >= 11 is 0. The molecule has 1 spiro atoms. The Bertz CT molecular complexity index is 1890. The highest BCUT2D eigenvalue weighted by Gasteiger charge is 2.51. The highest BCUT2D eigenvalue weighted by Crippen LogP contribution is 2.62. The van der Waals surface area contributed by atoms with E-state index < -0.39 is 0 Å². The van der Waals surface area contributed by atoms with Crippen LogP contribution in [0.1, 0.15) is 27.8 Å². The Hall–Kier alpha value is -4.93. The summed E-state index contributed by atoms with van der Waals surface area (Å²) in [4.78, 5) is 0. The molecule has 2 aliphatic carbocycles. The molecule has 0 bridgehead atoms. The molecule has 0 N–H and O–H groups in total. The first kappa shape index (κ1) is 20.3. The van der Waals surface area contributed by atoms with Gasteiger partial charge in [-0.1, -0.05) is 103 Å². The molecule has 0 aromatic heterocycles. The van der Waals surface area contributed by atoms with Gasteiger partial charge in [0.25, 0.3) is 0 Å². The van der Waals surface area contributed by atoms with Crippen molar-refractivity contribution >= 4 is 10.8 Å². The number of nitriles is 1. The van der Waals surface area contributed by atoms with Crippen LogP contribution >= 0.6 is 0 Å². The fourth-order valence-corrected chi connectivity index (χ4v) is 6.77. The topological polar surface area (TPSA) is 23.8 Å². The van der Waals surface area contributed by atoms with Crippen molar-refractivity contribution in [2.24, 2.45) is 0 Å². The molecule has 6 aromatic rings. The predicted molar refractivity (Wildman–Crippen MR) is 150 cm³/mol. The molecular formula is C36H21N. The maximum absolute atomic E-state index is 9.28. The van der Waals surface area contributed by atoms with Gasteiger partial charge in [0.15, 0.2) is 0 Å². The highest BCUT2D eigenvalue weighted by molar-refractivity contribution is 5.96. The van der Waals surface area contributed by atoms with Crippen LogP contribution in [-0.4, -0.2) is 0 Å². The summed E-state index contributed by atoms with van der Waals surface area (Å²) in [5.74, 6) is 0. The summed E-state index contributed by atoms with van der Waals surface area (Å²) in [6, 6.07) is 48.4. The van der Waals surface area contributed by atoms with Crippen molar-refractivity contribution in [1.82, 2.24) is 0 Å². The van der Waals surface area contributed by atoms with Crippen LogP contribution in [0.5, 0.6) is 0 Å². The summed E-state index contributed by atoms with van der Waals surface area (Å²) < 4.78 is 0. The molecule has 0 radical (unpaired) electrons. The van der Waals surface area contributed by atoms with E-state index in [1.54, 1.807) is 0 Å². The minimum absolute atomic E-state index is 0.326. The molecule has 170 valence electrons. The number of hydrogen-bond donors (Lipinski definition) is 0. The molecule has 0 atom stereocenters. The standard InChI is InChI=1S/C36H21N/c37-22-23-13-14-25-20-26(16-15-24(25)19-23)27-17-18-31-30-9-3-6-12-34(30)36(35(31)21-27)32-10-4-1-7-28(32)29-8-2-5-11-33(29)36/h1-21H. The van der Waals surface area contributed by atoms with E-state index in [4.69, 9.17) is 0 Å². The Balaban J connectivity index is 1.42. The molecular weight excluding hydrogens is 446 g/mol. The largest absolute Gasteiger partial charge is 0.192 e. The van der Waals surface area contributed by atoms with Crippen LogP contribution < -0.4 is 0 Å². The van der Waals surface area contributed by atoms with Gasteiger partial charge in [-0.3, -0.25) is 0 Å². The van der Waals surface area contributed by atoms with E-state index in [2.05, 4.69) is 115 Å². The molecule has 0 heterocycles. The van der Waals surface area contributed by atoms with E-state index in [9.17, 15) is 5.26 Å². The fourth-order valence-electron chi connectivity index (χ4n) is 6.77. The normalized spacial score (nSPS) is 13.6. The second kappa shape index (κ2) is 7.29. The molecule has 1 heteroatoms. The molecule has 2 aliphatic rings. The summed E-state index contributed by atoms with van der Waals surface area (Å²) in [5.41, 5.74) is 13.5. The molecule has 0 saturated heterocycles. The van der Waals surface area contributed by atoms with Gasteiger partial charge < -0.3 is 0 Å². The second-order valence-corrected chi connectivity index (χ2v) is 10.0. The molecule has 0 fully saturated rings. The van der Waals surface area contributed by atoms with Crippen molar-refractivity contribution in [2.75, 3.05) is 0 Å². The van der Waals surface area contributed by atoms with Crippen LogP contribution in [0.15, 0.2) is 127 Å². The molecule has 0 saturated carbocycles. The molecule has 0 amide bonds. The quantitative estimate of drug-likeness (QED) is 0.237. The Morgan fingerprint density at radius 3 is 1.54 bits per heavy atom. The van der Waals surface area contributed by atoms with Gasteiger partial charge in [-0.15, -0.1) is 0 Å². The van der Waals surface area contributed by atoms with Gasteiger partial charge >= 0.3 is 0 Å². The first-order valence-corrected chi connectivity index (χ1v) is 12.7. The van der Waals surface area contributed by atoms with Crippen molar-refractivity contribution in [2.45, 2.75) is 5.41 Å². The number of rotatable bonds is 1. The third-order valence-corrected chi connectivity index (χ3v) is 8.30. The molecule has 6 aromatic carbocycles. The lowest BCUT2D eigenvalue weighted by atomic mass is 9.70.